The fourth-order valence-corrected chi connectivity index (χ4v) is 4.54. The monoisotopic (exact) mass is 329 g/mol. The van der Waals surface area contributed by atoms with E-state index in [2.05, 4.69) is 0 Å². The molecule has 0 bridgehead atoms. The van der Waals surface area contributed by atoms with Crippen LogP contribution in [0.15, 0.2) is 46.2 Å². The van der Waals surface area contributed by atoms with Crippen LogP contribution < -0.4 is 5.56 Å². The van der Waals surface area contributed by atoms with Crippen molar-refractivity contribution in [3.63, 3.8) is 0 Å². The molecule has 1 aliphatic carbocycles. The maximum Gasteiger partial charge on any atom is 0.254 e. The number of hydrogen-bond donors (Lipinski definition) is 0. The Labute approximate surface area is 136 Å². The molecule has 1 aromatic carbocycles. The fourth-order valence-electron chi connectivity index (χ4n) is 3.04. The minimum absolute atomic E-state index is 0.0851. The number of aromatic nitrogens is 1. The van der Waals surface area contributed by atoms with Crippen LogP contribution in [0.5, 0.6) is 0 Å². The Morgan fingerprint density at radius 2 is 1.78 bits per heavy atom. The van der Waals surface area contributed by atoms with Gasteiger partial charge in [-0.15, -0.1) is 0 Å². The molecular weight excluding hydrogens is 310 g/mol. The number of benzene rings is 1. The van der Waals surface area contributed by atoms with E-state index in [4.69, 9.17) is 0 Å². The number of sulfone groups is 1. The van der Waals surface area contributed by atoms with Crippen molar-refractivity contribution in [1.29, 1.82) is 0 Å². The third-order valence-corrected chi connectivity index (χ3v) is 6.09. The summed E-state index contributed by atoms with van der Waals surface area (Å²) in [4.78, 5) is 12.7. The van der Waals surface area contributed by atoms with Gasteiger partial charge in [0.1, 0.15) is 0 Å². The van der Waals surface area contributed by atoms with Crippen LogP contribution in [0.2, 0.25) is 0 Å². The van der Waals surface area contributed by atoms with E-state index in [0.717, 1.165) is 16.7 Å². The summed E-state index contributed by atoms with van der Waals surface area (Å²) in [6, 6.07) is 6.82. The lowest BCUT2D eigenvalue weighted by atomic mass is 10.0. The zero-order chi connectivity index (χ0) is 16.8. The highest BCUT2D eigenvalue weighted by Crippen LogP contribution is 2.31. The Balaban J connectivity index is 2.00. The van der Waals surface area contributed by atoms with Crippen LogP contribution >= 0.6 is 0 Å². The summed E-state index contributed by atoms with van der Waals surface area (Å²) in [7, 11) is -1.75. The molecule has 3 rings (SSSR count). The average molecular weight is 329 g/mol. The summed E-state index contributed by atoms with van der Waals surface area (Å²) in [6.07, 6.45) is 5.47. The fraction of sp³-hybridized carbons (Fsp3) is 0.278. The molecule has 1 aliphatic rings. The normalized spacial score (nSPS) is 16.6. The van der Waals surface area contributed by atoms with E-state index in [1.165, 1.54) is 4.57 Å². The molecule has 1 heterocycles. The topological polar surface area (TPSA) is 56.1 Å². The van der Waals surface area contributed by atoms with Crippen LogP contribution in [0.1, 0.15) is 28.2 Å². The molecule has 1 atom stereocenters. The number of fused-ring (bicyclic) bond motifs is 1. The standard InChI is InChI=1S/C18H19NO3S/c1-12-4-7-15(8-5-12)23(21,22)11-14-6-9-16-13(2)10-19(3)18(20)17(14)16/h4-10,14H,11H2,1-3H3. The molecule has 5 heteroatoms. The van der Waals surface area contributed by atoms with E-state index in [9.17, 15) is 13.2 Å². The lowest BCUT2D eigenvalue weighted by molar-refractivity contribution is 0.592. The van der Waals surface area contributed by atoms with Gasteiger partial charge in [0.2, 0.25) is 0 Å². The third-order valence-electron chi connectivity index (χ3n) is 4.30. The average Bonchev–Trinajstić information content (AvgIpc) is 2.89. The SMILES string of the molecule is Cc1ccc(S(=O)(=O)CC2C=Cc3c(C)cn(C)c(=O)c32)cc1. The number of allylic oxidation sites excluding steroid dienone is 1. The first kappa shape index (κ1) is 15.7. The Bertz CT molecular complexity index is 951. The molecule has 0 fully saturated rings. The second-order valence-electron chi connectivity index (χ2n) is 6.12. The van der Waals surface area contributed by atoms with Crippen LogP contribution in [0, 0.1) is 13.8 Å². The maximum absolute atomic E-state index is 12.6. The van der Waals surface area contributed by atoms with Gasteiger partial charge in [-0.2, -0.15) is 0 Å². The molecule has 0 radical (unpaired) electrons. The summed E-state index contributed by atoms with van der Waals surface area (Å²) in [6.45, 7) is 3.85. The van der Waals surface area contributed by atoms with Crippen molar-refractivity contribution in [1.82, 2.24) is 4.57 Å². The quantitative estimate of drug-likeness (QED) is 0.870. The number of pyridine rings is 1. The molecule has 0 spiro atoms. The van der Waals surface area contributed by atoms with Gasteiger partial charge < -0.3 is 4.57 Å². The highest BCUT2D eigenvalue weighted by atomic mass is 32.2. The van der Waals surface area contributed by atoms with Crippen molar-refractivity contribution in [2.24, 2.45) is 7.05 Å². The first-order valence-corrected chi connectivity index (χ1v) is 9.12. The Kier molecular flexibility index (Phi) is 3.76. The number of nitrogens with zero attached hydrogens (tertiary/aromatic N) is 1. The predicted octanol–water partition coefficient (Wildman–Crippen LogP) is 2.59. The van der Waals surface area contributed by atoms with Gasteiger partial charge in [0, 0.05) is 24.7 Å². The molecule has 2 aromatic rings. The minimum atomic E-state index is -3.45. The Hall–Kier alpha value is -2.14. The van der Waals surface area contributed by atoms with E-state index in [1.807, 2.05) is 26.0 Å². The molecule has 0 saturated carbocycles. The van der Waals surface area contributed by atoms with Gasteiger partial charge in [0.15, 0.2) is 9.84 Å². The number of rotatable bonds is 3. The maximum atomic E-state index is 12.6. The second kappa shape index (κ2) is 5.49. The van der Waals surface area contributed by atoms with E-state index in [1.54, 1.807) is 37.5 Å². The first-order valence-electron chi connectivity index (χ1n) is 7.47. The zero-order valence-electron chi connectivity index (χ0n) is 13.4. The van der Waals surface area contributed by atoms with Gasteiger partial charge in [-0.25, -0.2) is 8.42 Å². The smallest absolute Gasteiger partial charge is 0.254 e. The van der Waals surface area contributed by atoms with Crippen molar-refractivity contribution in [2.45, 2.75) is 24.7 Å². The van der Waals surface area contributed by atoms with Crippen molar-refractivity contribution in [3.05, 3.63) is 69.1 Å². The highest BCUT2D eigenvalue weighted by Gasteiger charge is 2.28. The van der Waals surface area contributed by atoms with Crippen LogP contribution in [-0.4, -0.2) is 18.7 Å². The van der Waals surface area contributed by atoms with Crippen molar-refractivity contribution in [2.75, 3.05) is 5.75 Å². The van der Waals surface area contributed by atoms with E-state index in [-0.39, 0.29) is 11.3 Å². The van der Waals surface area contributed by atoms with Crippen molar-refractivity contribution >= 4 is 15.9 Å². The molecule has 0 N–H and O–H groups in total. The zero-order valence-corrected chi connectivity index (χ0v) is 14.2. The second-order valence-corrected chi connectivity index (χ2v) is 8.15. The van der Waals surface area contributed by atoms with Crippen LogP contribution in [0.4, 0.5) is 0 Å². The molecule has 0 saturated heterocycles. The molecule has 0 aliphatic heterocycles. The summed E-state index contributed by atoms with van der Waals surface area (Å²) < 4.78 is 26.8. The molecule has 1 unspecified atom stereocenters. The van der Waals surface area contributed by atoms with Crippen LogP contribution in [-0.2, 0) is 16.9 Å². The van der Waals surface area contributed by atoms with Gasteiger partial charge in [-0.1, -0.05) is 29.8 Å². The van der Waals surface area contributed by atoms with Gasteiger partial charge >= 0.3 is 0 Å². The van der Waals surface area contributed by atoms with Gasteiger partial charge in [0.25, 0.3) is 5.56 Å². The molecule has 23 heavy (non-hydrogen) atoms. The molecule has 1 aromatic heterocycles. The lowest BCUT2D eigenvalue weighted by Crippen LogP contribution is -2.25. The van der Waals surface area contributed by atoms with Gasteiger partial charge in [-0.3, -0.25) is 4.79 Å². The number of hydrogen-bond acceptors (Lipinski definition) is 3. The molecule has 0 amide bonds. The summed E-state index contributed by atoms with van der Waals surface area (Å²) in [5.74, 6) is -0.479. The van der Waals surface area contributed by atoms with Crippen molar-refractivity contribution in [3.8, 4) is 0 Å². The lowest BCUT2D eigenvalue weighted by Gasteiger charge is -2.14. The van der Waals surface area contributed by atoms with Crippen LogP contribution in [0.3, 0.4) is 0 Å². The number of aryl methyl sites for hydroxylation is 3. The van der Waals surface area contributed by atoms with Gasteiger partial charge in [-0.05, 0) is 37.1 Å². The Morgan fingerprint density at radius 3 is 2.43 bits per heavy atom. The highest BCUT2D eigenvalue weighted by molar-refractivity contribution is 7.91. The molecule has 4 nitrogen and oxygen atoms in total. The van der Waals surface area contributed by atoms with E-state index in [0.29, 0.717) is 10.5 Å². The molecule has 120 valence electrons. The Morgan fingerprint density at radius 1 is 1.13 bits per heavy atom. The summed E-state index contributed by atoms with van der Waals surface area (Å²) in [5.41, 5.74) is 3.31. The third kappa shape index (κ3) is 2.77. The largest absolute Gasteiger partial charge is 0.318 e. The minimum Gasteiger partial charge on any atom is -0.318 e. The van der Waals surface area contributed by atoms with Crippen LogP contribution in [0.25, 0.3) is 6.08 Å². The first-order chi connectivity index (χ1) is 10.8. The predicted molar refractivity (Wildman–Crippen MR) is 91.4 cm³/mol. The van der Waals surface area contributed by atoms with Crippen molar-refractivity contribution < 1.29 is 8.42 Å². The summed E-state index contributed by atoms with van der Waals surface area (Å²) >= 11 is 0. The van der Waals surface area contributed by atoms with E-state index < -0.39 is 15.8 Å². The summed E-state index contributed by atoms with van der Waals surface area (Å²) in [5, 5.41) is 0. The molecular formula is C18H19NO3S. The van der Waals surface area contributed by atoms with Gasteiger partial charge in [0.05, 0.1) is 10.6 Å². The van der Waals surface area contributed by atoms with E-state index >= 15 is 0 Å².